The molecule has 26 heavy (non-hydrogen) atoms. The van der Waals surface area contributed by atoms with E-state index in [9.17, 15) is 13.2 Å². The molecular weight excluding hydrogens is 416 g/mol. The number of amides is 1. The molecule has 0 spiro atoms. The van der Waals surface area contributed by atoms with Crippen molar-refractivity contribution in [2.75, 3.05) is 16.3 Å². The molecule has 0 fully saturated rings. The summed E-state index contributed by atoms with van der Waals surface area (Å²) in [7, 11) is -3.95. The van der Waals surface area contributed by atoms with Crippen molar-refractivity contribution in [3.8, 4) is 0 Å². The van der Waals surface area contributed by atoms with Crippen molar-refractivity contribution >= 4 is 60.6 Å². The second-order valence-electron chi connectivity index (χ2n) is 4.88. The fraction of sp³-hybridized carbons (Fsp3) is 0.154. The maximum Gasteiger partial charge on any atom is 0.293 e. The Hall–Kier alpha value is -2.09. The van der Waals surface area contributed by atoms with E-state index in [1.54, 1.807) is 24.3 Å². The maximum atomic E-state index is 12.3. The van der Waals surface area contributed by atoms with Gasteiger partial charge in [0.05, 0.1) is 0 Å². The highest BCUT2D eigenvalue weighted by atomic mass is 32.2. The van der Waals surface area contributed by atoms with E-state index in [2.05, 4.69) is 30.4 Å². The van der Waals surface area contributed by atoms with Crippen LogP contribution >= 0.6 is 34.4 Å². The molecule has 3 aromatic rings. The molecule has 0 atom stereocenters. The molecule has 0 bridgehead atoms. The van der Waals surface area contributed by atoms with E-state index in [1.165, 1.54) is 11.8 Å². The number of nitrogens with zero attached hydrogens (tertiary/aromatic N) is 4. The van der Waals surface area contributed by atoms with Gasteiger partial charge in [0.15, 0.2) is 4.34 Å². The molecule has 136 valence electrons. The van der Waals surface area contributed by atoms with Gasteiger partial charge in [0.2, 0.25) is 10.3 Å². The Morgan fingerprint density at radius 3 is 2.38 bits per heavy atom. The van der Waals surface area contributed by atoms with Gasteiger partial charge in [-0.3, -0.25) is 14.8 Å². The van der Waals surface area contributed by atoms with E-state index in [1.807, 2.05) is 13.2 Å². The lowest BCUT2D eigenvalue weighted by Crippen LogP contribution is -2.12. The molecule has 2 N–H and O–H groups in total. The average molecular weight is 429 g/mol. The molecule has 0 aliphatic heterocycles. The van der Waals surface area contributed by atoms with Crippen LogP contribution in [0.4, 0.5) is 10.3 Å². The van der Waals surface area contributed by atoms with Crippen LogP contribution in [0.2, 0.25) is 0 Å². The number of thioether (sulfide) groups is 1. The predicted octanol–water partition coefficient (Wildman–Crippen LogP) is 2.47. The molecule has 0 unspecified atom stereocenters. The molecule has 2 heterocycles. The van der Waals surface area contributed by atoms with Crippen LogP contribution in [0.3, 0.4) is 0 Å². The largest absolute Gasteiger partial charge is 0.296 e. The van der Waals surface area contributed by atoms with Gasteiger partial charge in [0.25, 0.3) is 20.3 Å². The predicted molar refractivity (Wildman–Crippen MR) is 102 cm³/mol. The van der Waals surface area contributed by atoms with Crippen LogP contribution in [0.15, 0.2) is 32.9 Å². The number of aromatic nitrogens is 4. The number of rotatable bonds is 6. The Kier molecular flexibility index (Phi) is 5.50. The van der Waals surface area contributed by atoms with Gasteiger partial charge in [-0.15, -0.1) is 20.4 Å². The zero-order chi connectivity index (χ0) is 18.7. The number of carbonyl (C=O) groups is 1. The summed E-state index contributed by atoms with van der Waals surface area (Å²) >= 11 is 3.21. The fourth-order valence-electron chi connectivity index (χ4n) is 1.74. The number of sulfonamides is 1. The highest BCUT2D eigenvalue weighted by Crippen LogP contribution is 2.27. The van der Waals surface area contributed by atoms with E-state index in [0.29, 0.717) is 9.90 Å². The number of hydrogen-bond acceptors (Lipinski definition) is 10. The number of aryl methyl sites for hydroxylation is 1. The molecule has 0 aliphatic rings. The van der Waals surface area contributed by atoms with Crippen molar-refractivity contribution in [2.45, 2.75) is 15.6 Å². The van der Waals surface area contributed by atoms with Gasteiger partial charge in [-0.25, -0.2) is 0 Å². The summed E-state index contributed by atoms with van der Waals surface area (Å²) in [6.07, 6.45) is 1.81. The molecule has 2 aromatic heterocycles. The molecule has 0 aliphatic carbocycles. The van der Waals surface area contributed by atoms with Crippen LogP contribution in [0.25, 0.3) is 0 Å². The summed E-state index contributed by atoms with van der Waals surface area (Å²) in [6.45, 7) is 1.91. The van der Waals surface area contributed by atoms with Crippen molar-refractivity contribution in [3.05, 3.63) is 35.4 Å². The molecule has 0 saturated heterocycles. The minimum Gasteiger partial charge on any atom is -0.296 e. The molecule has 9 nitrogen and oxygen atoms in total. The Bertz CT molecular complexity index is 1030. The molecule has 3 rings (SSSR count). The fourth-order valence-corrected chi connectivity index (χ4v) is 5.03. The Morgan fingerprint density at radius 2 is 1.73 bits per heavy atom. The first-order valence-corrected chi connectivity index (χ1v) is 11.3. The smallest absolute Gasteiger partial charge is 0.293 e. The van der Waals surface area contributed by atoms with Gasteiger partial charge in [0, 0.05) is 5.56 Å². The number of carbonyl (C=O) groups excluding carboxylic acids is 1. The van der Waals surface area contributed by atoms with Crippen LogP contribution in [0.1, 0.15) is 15.9 Å². The van der Waals surface area contributed by atoms with Crippen molar-refractivity contribution < 1.29 is 13.2 Å². The summed E-state index contributed by atoms with van der Waals surface area (Å²) in [5.74, 6) is -0.396. The van der Waals surface area contributed by atoms with Gasteiger partial charge < -0.3 is 0 Å². The second kappa shape index (κ2) is 7.65. The van der Waals surface area contributed by atoms with Crippen LogP contribution in [-0.2, 0) is 10.0 Å². The maximum absolute atomic E-state index is 12.3. The zero-order valence-corrected chi connectivity index (χ0v) is 16.7. The third-order valence-electron chi connectivity index (χ3n) is 2.97. The summed E-state index contributed by atoms with van der Waals surface area (Å²) in [6, 6.07) is 6.95. The molecular formula is C13H12N6O3S4. The minimum absolute atomic E-state index is 0.0815. The monoisotopic (exact) mass is 428 g/mol. The van der Waals surface area contributed by atoms with Gasteiger partial charge >= 0.3 is 0 Å². The molecule has 0 radical (unpaired) electrons. The van der Waals surface area contributed by atoms with E-state index in [4.69, 9.17) is 0 Å². The summed E-state index contributed by atoms with van der Waals surface area (Å²) in [5.41, 5.74) is 1.46. The second-order valence-corrected chi connectivity index (χ2v) is 9.74. The van der Waals surface area contributed by atoms with Gasteiger partial charge in [-0.05, 0) is 25.3 Å². The Morgan fingerprint density at radius 1 is 1.04 bits per heavy atom. The third-order valence-corrected chi connectivity index (χ3v) is 7.46. The summed E-state index contributed by atoms with van der Waals surface area (Å²) in [5, 5.41) is 17.6. The third kappa shape index (κ3) is 4.35. The lowest BCUT2D eigenvalue weighted by molar-refractivity contribution is 0.102. The molecule has 0 saturated carbocycles. The number of hydrogen-bond donors (Lipinski definition) is 2. The zero-order valence-electron chi connectivity index (χ0n) is 13.5. The first-order valence-electron chi connectivity index (χ1n) is 6.99. The van der Waals surface area contributed by atoms with Crippen LogP contribution in [-0.4, -0.2) is 41.0 Å². The van der Waals surface area contributed by atoms with E-state index >= 15 is 0 Å². The number of anilines is 2. The lowest BCUT2D eigenvalue weighted by atomic mass is 10.1. The van der Waals surface area contributed by atoms with Crippen molar-refractivity contribution in [1.82, 2.24) is 20.4 Å². The van der Waals surface area contributed by atoms with E-state index in [-0.39, 0.29) is 14.6 Å². The number of benzene rings is 1. The SMILES string of the molecule is CSc1nnc(NS(=O)(=O)c2nnc(NC(=O)c3ccc(C)cc3)s2)s1. The normalized spacial score (nSPS) is 11.3. The van der Waals surface area contributed by atoms with Crippen LogP contribution in [0, 0.1) is 6.92 Å². The van der Waals surface area contributed by atoms with Crippen molar-refractivity contribution in [3.63, 3.8) is 0 Å². The van der Waals surface area contributed by atoms with E-state index in [0.717, 1.165) is 28.2 Å². The van der Waals surface area contributed by atoms with E-state index < -0.39 is 15.9 Å². The summed E-state index contributed by atoms with van der Waals surface area (Å²) < 4.78 is 27.3. The summed E-state index contributed by atoms with van der Waals surface area (Å²) in [4.78, 5) is 12.2. The topological polar surface area (TPSA) is 127 Å². The number of nitrogens with one attached hydrogen (secondary N) is 2. The van der Waals surface area contributed by atoms with Gasteiger partial charge in [0.1, 0.15) is 0 Å². The van der Waals surface area contributed by atoms with Crippen molar-refractivity contribution in [2.24, 2.45) is 0 Å². The van der Waals surface area contributed by atoms with Crippen LogP contribution in [0.5, 0.6) is 0 Å². The standard InChI is InChI=1S/C13H12N6O3S4/c1-7-3-5-8(6-4-7)9(20)14-10-15-18-13(25-10)26(21,22)19-11-16-17-12(23-2)24-11/h3-6H,1-2H3,(H,16,19)(H,14,15,20). The molecule has 1 amide bonds. The van der Waals surface area contributed by atoms with Crippen LogP contribution < -0.4 is 10.0 Å². The van der Waals surface area contributed by atoms with Gasteiger partial charge in [-0.1, -0.05) is 52.1 Å². The molecule has 1 aromatic carbocycles. The van der Waals surface area contributed by atoms with Crippen molar-refractivity contribution in [1.29, 1.82) is 0 Å². The van der Waals surface area contributed by atoms with Gasteiger partial charge in [-0.2, -0.15) is 8.42 Å². The average Bonchev–Trinajstić information content (AvgIpc) is 3.24. The molecule has 13 heteroatoms. The highest BCUT2D eigenvalue weighted by molar-refractivity contribution is 8.00. The first kappa shape index (κ1) is 18.7. The first-order chi connectivity index (χ1) is 12.4. The Balaban J connectivity index is 1.72. The Labute approximate surface area is 161 Å². The quantitative estimate of drug-likeness (QED) is 0.453. The highest BCUT2D eigenvalue weighted by Gasteiger charge is 2.23. The minimum atomic E-state index is -3.95. The lowest BCUT2D eigenvalue weighted by Gasteiger charge is -2.01.